The molecule has 1 fully saturated rings. The molecule has 1 aliphatic rings. The molecule has 9 heteroatoms. The van der Waals surface area contributed by atoms with Crippen LogP contribution in [0.3, 0.4) is 0 Å². The van der Waals surface area contributed by atoms with E-state index in [4.69, 9.17) is 10.5 Å². The lowest BCUT2D eigenvalue weighted by atomic mass is 9.86. The fourth-order valence-electron chi connectivity index (χ4n) is 4.40. The zero-order chi connectivity index (χ0) is 23.1. The highest BCUT2D eigenvalue weighted by Gasteiger charge is 2.41. The maximum Gasteiger partial charge on any atom is 0.416 e. The third-order valence-corrected chi connectivity index (χ3v) is 6.00. The highest BCUT2D eigenvalue weighted by Crippen LogP contribution is 2.38. The van der Waals surface area contributed by atoms with Crippen molar-refractivity contribution in [1.29, 1.82) is 0 Å². The number of ether oxygens (including phenoxy) is 1. The standard InChI is InChI=1S/C23H22F6N2O/c24-22(25,26)17-11-15(12-18(13-17)23(27,28)29)14-32-20-7-3-4-9-21(20,30)31-10-8-16-5-1-2-6-19(16)31/h1-2,5-6,8,10-13,20H,3-4,7,9,14,30H2. The Morgan fingerprint density at radius 2 is 1.59 bits per heavy atom. The molecule has 1 aliphatic carbocycles. The van der Waals surface area contributed by atoms with Gasteiger partial charge in [0, 0.05) is 11.7 Å². The summed E-state index contributed by atoms with van der Waals surface area (Å²) in [5.41, 5.74) is 3.80. The molecule has 2 atom stereocenters. The van der Waals surface area contributed by atoms with E-state index in [1.807, 2.05) is 41.1 Å². The number of benzene rings is 2. The summed E-state index contributed by atoms with van der Waals surface area (Å²) >= 11 is 0. The molecule has 3 aromatic rings. The Bertz CT molecular complexity index is 1070. The number of alkyl halides is 6. The van der Waals surface area contributed by atoms with Crippen LogP contribution in [0.25, 0.3) is 10.9 Å². The Kier molecular flexibility index (Phi) is 5.75. The van der Waals surface area contributed by atoms with Gasteiger partial charge in [0.2, 0.25) is 0 Å². The Labute approximate surface area is 180 Å². The molecule has 4 rings (SSSR count). The van der Waals surface area contributed by atoms with Gasteiger partial charge in [0.15, 0.2) is 0 Å². The van der Waals surface area contributed by atoms with Crippen LogP contribution in [0.5, 0.6) is 0 Å². The molecule has 0 radical (unpaired) electrons. The minimum Gasteiger partial charge on any atom is -0.370 e. The molecule has 32 heavy (non-hydrogen) atoms. The average molecular weight is 456 g/mol. The Balaban J connectivity index is 1.63. The monoisotopic (exact) mass is 456 g/mol. The number of nitrogens with two attached hydrogens (primary N) is 1. The van der Waals surface area contributed by atoms with E-state index in [9.17, 15) is 26.3 Å². The Morgan fingerprint density at radius 3 is 2.25 bits per heavy atom. The van der Waals surface area contributed by atoms with Gasteiger partial charge < -0.3 is 15.0 Å². The molecule has 2 unspecified atom stereocenters. The first-order valence-electron chi connectivity index (χ1n) is 10.2. The molecule has 0 aliphatic heterocycles. The molecule has 2 aromatic carbocycles. The van der Waals surface area contributed by atoms with Crippen molar-refractivity contribution < 1.29 is 31.1 Å². The Hall–Kier alpha value is -2.52. The smallest absolute Gasteiger partial charge is 0.370 e. The van der Waals surface area contributed by atoms with Gasteiger partial charge in [-0.2, -0.15) is 26.3 Å². The summed E-state index contributed by atoms with van der Waals surface area (Å²) in [7, 11) is 0. The van der Waals surface area contributed by atoms with Crippen molar-refractivity contribution >= 4 is 10.9 Å². The van der Waals surface area contributed by atoms with Gasteiger partial charge in [-0.05, 0) is 60.5 Å². The molecular weight excluding hydrogens is 434 g/mol. The highest BCUT2D eigenvalue weighted by atomic mass is 19.4. The van der Waals surface area contributed by atoms with E-state index < -0.39 is 41.9 Å². The van der Waals surface area contributed by atoms with Gasteiger partial charge >= 0.3 is 12.4 Å². The molecule has 0 bridgehead atoms. The molecular formula is C23H22F6N2O. The third-order valence-electron chi connectivity index (χ3n) is 6.00. The quantitative estimate of drug-likeness (QED) is 0.459. The number of hydrogen-bond donors (Lipinski definition) is 1. The molecule has 3 nitrogen and oxygen atoms in total. The second kappa shape index (κ2) is 8.12. The molecule has 1 aromatic heterocycles. The van der Waals surface area contributed by atoms with Crippen LogP contribution in [0.15, 0.2) is 54.7 Å². The lowest BCUT2D eigenvalue weighted by Gasteiger charge is -2.42. The summed E-state index contributed by atoms with van der Waals surface area (Å²) in [4.78, 5) is 0. The van der Waals surface area contributed by atoms with E-state index in [1.165, 1.54) is 0 Å². The Morgan fingerprint density at radius 1 is 0.938 bits per heavy atom. The van der Waals surface area contributed by atoms with Crippen molar-refractivity contribution in [2.24, 2.45) is 5.73 Å². The topological polar surface area (TPSA) is 40.2 Å². The van der Waals surface area contributed by atoms with E-state index in [2.05, 4.69) is 0 Å². The molecule has 0 saturated heterocycles. The number of rotatable bonds is 4. The van der Waals surface area contributed by atoms with Crippen molar-refractivity contribution in [2.45, 2.75) is 56.4 Å². The number of aromatic nitrogens is 1. The summed E-state index contributed by atoms with van der Waals surface area (Å²) in [5.74, 6) is 0. The lowest BCUT2D eigenvalue weighted by molar-refractivity contribution is -0.143. The first-order valence-corrected chi connectivity index (χ1v) is 10.2. The third kappa shape index (κ3) is 4.36. The molecule has 172 valence electrons. The normalized spacial score (nSPS) is 22.4. The van der Waals surface area contributed by atoms with Crippen LogP contribution in [-0.4, -0.2) is 10.7 Å². The van der Waals surface area contributed by atoms with Crippen molar-refractivity contribution in [3.63, 3.8) is 0 Å². The molecule has 1 heterocycles. The summed E-state index contributed by atoms with van der Waals surface area (Å²) in [6, 6.07) is 11.1. The number of fused-ring (bicyclic) bond motifs is 1. The van der Waals surface area contributed by atoms with Crippen LogP contribution in [0.2, 0.25) is 0 Å². The van der Waals surface area contributed by atoms with Gasteiger partial charge in [0.05, 0.1) is 23.8 Å². The van der Waals surface area contributed by atoms with Gasteiger partial charge in [-0.3, -0.25) is 0 Å². The first kappa shape index (κ1) is 22.7. The van der Waals surface area contributed by atoms with Gasteiger partial charge in [0.1, 0.15) is 5.66 Å². The van der Waals surface area contributed by atoms with Crippen molar-refractivity contribution in [2.75, 3.05) is 0 Å². The van der Waals surface area contributed by atoms with Gasteiger partial charge in [-0.25, -0.2) is 0 Å². The molecule has 0 amide bonds. The van der Waals surface area contributed by atoms with E-state index >= 15 is 0 Å². The summed E-state index contributed by atoms with van der Waals surface area (Å²) < 4.78 is 86.8. The highest BCUT2D eigenvalue weighted by molar-refractivity contribution is 5.80. The summed E-state index contributed by atoms with van der Waals surface area (Å²) in [5, 5.41) is 0.981. The lowest BCUT2D eigenvalue weighted by Crippen LogP contribution is -2.55. The fraction of sp³-hybridized carbons (Fsp3) is 0.391. The van der Waals surface area contributed by atoms with Gasteiger partial charge in [0.25, 0.3) is 0 Å². The van der Waals surface area contributed by atoms with Crippen LogP contribution >= 0.6 is 0 Å². The maximum atomic E-state index is 13.2. The van der Waals surface area contributed by atoms with Crippen LogP contribution in [0.4, 0.5) is 26.3 Å². The number of halogens is 6. The van der Waals surface area contributed by atoms with Crippen LogP contribution in [0, 0.1) is 0 Å². The average Bonchev–Trinajstić information content (AvgIpc) is 3.17. The van der Waals surface area contributed by atoms with Crippen molar-refractivity contribution in [1.82, 2.24) is 4.57 Å². The largest absolute Gasteiger partial charge is 0.416 e. The minimum absolute atomic E-state index is 0.114. The van der Waals surface area contributed by atoms with E-state index in [0.29, 0.717) is 25.0 Å². The number of nitrogens with zero attached hydrogens (tertiary/aromatic N) is 1. The van der Waals surface area contributed by atoms with Crippen molar-refractivity contribution in [3.05, 3.63) is 71.4 Å². The zero-order valence-electron chi connectivity index (χ0n) is 17.0. The maximum absolute atomic E-state index is 13.2. The first-order chi connectivity index (χ1) is 15.0. The van der Waals surface area contributed by atoms with E-state index in [1.54, 1.807) is 0 Å². The molecule has 1 saturated carbocycles. The predicted molar refractivity (Wildman–Crippen MR) is 108 cm³/mol. The molecule has 0 spiro atoms. The van der Waals surface area contributed by atoms with Gasteiger partial charge in [-0.1, -0.05) is 24.6 Å². The summed E-state index contributed by atoms with van der Waals surface area (Å²) in [6.45, 7) is -0.407. The SMILES string of the molecule is NC1(n2ccc3ccccc32)CCCCC1OCc1cc(C(F)(F)F)cc(C(F)(F)F)c1. The second-order valence-electron chi connectivity index (χ2n) is 8.20. The van der Waals surface area contributed by atoms with Crippen LogP contribution in [0.1, 0.15) is 42.4 Å². The fourth-order valence-corrected chi connectivity index (χ4v) is 4.40. The number of para-hydroxylation sites is 1. The second-order valence-corrected chi connectivity index (χ2v) is 8.20. The van der Waals surface area contributed by atoms with Crippen molar-refractivity contribution in [3.8, 4) is 0 Å². The minimum atomic E-state index is -4.90. The van der Waals surface area contributed by atoms with E-state index in [-0.39, 0.29) is 11.6 Å². The summed E-state index contributed by atoms with van der Waals surface area (Å²) in [6.07, 6.45) is -5.76. The zero-order valence-corrected chi connectivity index (χ0v) is 17.0. The number of hydrogen-bond acceptors (Lipinski definition) is 2. The van der Waals surface area contributed by atoms with Crippen LogP contribution in [-0.2, 0) is 29.4 Å². The van der Waals surface area contributed by atoms with Gasteiger partial charge in [-0.15, -0.1) is 0 Å². The van der Waals surface area contributed by atoms with Crippen LogP contribution < -0.4 is 5.73 Å². The van der Waals surface area contributed by atoms with E-state index in [0.717, 1.165) is 23.7 Å². The molecule has 2 N–H and O–H groups in total. The predicted octanol–water partition coefficient (Wildman–Crippen LogP) is 6.45.